The number of hydrogen-bond donors (Lipinski definition) is 1. The predicted molar refractivity (Wildman–Crippen MR) is 101 cm³/mol. The highest BCUT2D eigenvalue weighted by Gasteiger charge is 2.26. The van der Waals surface area contributed by atoms with Crippen LogP contribution in [0.4, 0.5) is 5.69 Å². The van der Waals surface area contributed by atoms with Gasteiger partial charge in [-0.05, 0) is 49.9 Å². The number of thioether (sulfide) groups is 1. The molecule has 1 atom stereocenters. The number of rotatable bonds is 4. The van der Waals surface area contributed by atoms with Crippen LogP contribution in [0.5, 0.6) is 0 Å². The van der Waals surface area contributed by atoms with E-state index in [9.17, 15) is 0 Å². The number of aliphatic imine (C=N–C) groups is 1. The van der Waals surface area contributed by atoms with E-state index in [4.69, 9.17) is 0 Å². The summed E-state index contributed by atoms with van der Waals surface area (Å²) in [5, 5.41) is 5.07. The lowest BCUT2D eigenvalue weighted by Gasteiger charge is -2.19. The molecule has 1 N–H and O–H groups in total. The Morgan fingerprint density at radius 2 is 1.85 bits per heavy atom. The van der Waals surface area contributed by atoms with Gasteiger partial charge in [0.1, 0.15) is 0 Å². The molecule has 6 heteroatoms. The number of hydrogen-bond acceptors (Lipinski definition) is 3. The van der Waals surface area contributed by atoms with E-state index in [-0.39, 0.29) is 0 Å². The Bertz CT molecular complexity index is 492. The first kappa shape index (κ1) is 16.8. The molecule has 0 saturated heterocycles. The summed E-state index contributed by atoms with van der Waals surface area (Å²) in [7, 11) is 0. The Morgan fingerprint density at radius 3 is 2.40 bits per heavy atom. The van der Waals surface area contributed by atoms with Crippen LogP contribution in [0.15, 0.2) is 30.5 Å². The fraction of sp³-hybridized carbons (Fsp3) is 0.500. The van der Waals surface area contributed by atoms with Crippen molar-refractivity contribution in [3.8, 4) is 0 Å². The van der Waals surface area contributed by atoms with Gasteiger partial charge in [-0.15, -0.1) is 0 Å². The molecule has 110 valence electrons. The molecule has 20 heavy (non-hydrogen) atoms. The minimum atomic E-state index is 0.612. The van der Waals surface area contributed by atoms with Crippen molar-refractivity contribution in [3.05, 3.63) is 25.6 Å². The standard InChI is InChI=1S/C14H17Br3N2S/c1-3-8(4-2)12-7-18-14(20-12)19-13-10(16)5-9(15)6-11(13)17/h5-6,8,12H,3-4,7H2,1-2H3,(H,18,19). The van der Waals surface area contributed by atoms with Crippen LogP contribution in [0.2, 0.25) is 0 Å². The van der Waals surface area contributed by atoms with E-state index >= 15 is 0 Å². The summed E-state index contributed by atoms with van der Waals surface area (Å²) in [5.74, 6) is 0.750. The van der Waals surface area contributed by atoms with E-state index in [2.05, 4.69) is 71.9 Å². The first-order valence-corrected chi connectivity index (χ1v) is 9.93. The molecule has 1 aromatic carbocycles. The lowest BCUT2D eigenvalue weighted by Crippen LogP contribution is -2.17. The largest absolute Gasteiger partial charge is 0.333 e. The molecule has 0 amide bonds. The van der Waals surface area contributed by atoms with Gasteiger partial charge in [0.2, 0.25) is 0 Å². The topological polar surface area (TPSA) is 24.4 Å². The maximum atomic E-state index is 4.65. The number of nitrogens with one attached hydrogen (secondary N) is 1. The third kappa shape index (κ3) is 4.02. The van der Waals surface area contributed by atoms with E-state index < -0.39 is 0 Å². The summed E-state index contributed by atoms with van der Waals surface area (Å²) in [4.78, 5) is 4.65. The van der Waals surface area contributed by atoms with Crippen LogP contribution in [0.1, 0.15) is 26.7 Å². The lowest BCUT2D eigenvalue weighted by molar-refractivity contribution is 0.479. The highest BCUT2D eigenvalue weighted by Crippen LogP contribution is 2.37. The molecule has 1 heterocycles. The Morgan fingerprint density at radius 1 is 1.25 bits per heavy atom. The normalized spacial score (nSPS) is 18.5. The Kier molecular flexibility index (Phi) is 6.45. The third-order valence-corrected chi connectivity index (χ3v) is 6.49. The van der Waals surface area contributed by atoms with Crippen molar-refractivity contribution in [2.75, 3.05) is 11.9 Å². The molecule has 0 bridgehead atoms. The zero-order chi connectivity index (χ0) is 14.7. The van der Waals surface area contributed by atoms with Gasteiger partial charge < -0.3 is 5.32 Å². The molecule has 1 aliphatic heterocycles. The van der Waals surface area contributed by atoms with E-state index in [0.29, 0.717) is 5.25 Å². The number of halogens is 3. The van der Waals surface area contributed by atoms with Gasteiger partial charge in [-0.1, -0.05) is 54.4 Å². The summed E-state index contributed by atoms with van der Waals surface area (Å²) in [6, 6.07) is 4.07. The van der Waals surface area contributed by atoms with E-state index in [1.807, 2.05) is 23.9 Å². The van der Waals surface area contributed by atoms with Crippen LogP contribution in [0, 0.1) is 5.92 Å². The average molecular weight is 485 g/mol. The van der Waals surface area contributed by atoms with Gasteiger partial charge in [0.15, 0.2) is 5.17 Å². The Labute approximate surface area is 150 Å². The number of anilines is 1. The van der Waals surface area contributed by atoms with Crippen LogP contribution >= 0.6 is 59.6 Å². The smallest absolute Gasteiger partial charge is 0.161 e. The monoisotopic (exact) mass is 482 g/mol. The summed E-state index contributed by atoms with van der Waals surface area (Å²) in [6.07, 6.45) is 2.45. The van der Waals surface area contributed by atoms with Gasteiger partial charge in [-0.25, -0.2) is 0 Å². The molecule has 0 fully saturated rings. The summed E-state index contributed by atoms with van der Waals surface area (Å²) >= 11 is 12.5. The minimum Gasteiger partial charge on any atom is -0.333 e. The SMILES string of the molecule is CCC(CC)C1CN=C(Nc2c(Br)cc(Br)cc2Br)S1. The average Bonchev–Trinajstić information content (AvgIpc) is 2.84. The van der Waals surface area contributed by atoms with Gasteiger partial charge >= 0.3 is 0 Å². The molecule has 0 aromatic heterocycles. The molecule has 0 saturated carbocycles. The van der Waals surface area contributed by atoms with Crippen molar-refractivity contribution < 1.29 is 0 Å². The van der Waals surface area contributed by atoms with Crippen molar-refractivity contribution in [2.24, 2.45) is 10.9 Å². The number of nitrogens with zero attached hydrogens (tertiary/aromatic N) is 1. The molecule has 0 aliphatic carbocycles. The van der Waals surface area contributed by atoms with Gasteiger partial charge in [-0.2, -0.15) is 0 Å². The molecule has 2 rings (SSSR count). The second-order valence-electron chi connectivity index (χ2n) is 4.75. The van der Waals surface area contributed by atoms with Gasteiger partial charge in [-0.3, -0.25) is 4.99 Å². The van der Waals surface area contributed by atoms with Crippen molar-refractivity contribution in [1.29, 1.82) is 0 Å². The number of benzene rings is 1. The van der Waals surface area contributed by atoms with Crippen molar-refractivity contribution in [3.63, 3.8) is 0 Å². The first-order chi connectivity index (χ1) is 9.55. The van der Waals surface area contributed by atoms with E-state index in [0.717, 1.165) is 36.7 Å². The zero-order valence-electron chi connectivity index (χ0n) is 11.4. The maximum absolute atomic E-state index is 4.65. The van der Waals surface area contributed by atoms with E-state index in [1.165, 1.54) is 12.8 Å². The highest BCUT2D eigenvalue weighted by molar-refractivity contribution is 9.11. The molecular weight excluding hydrogens is 468 g/mol. The predicted octanol–water partition coefficient (Wildman–Crippen LogP) is 6.29. The van der Waals surface area contributed by atoms with Crippen molar-refractivity contribution in [1.82, 2.24) is 0 Å². The van der Waals surface area contributed by atoms with Crippen molar-refractivity contribution >= 4 is 70.4 Å². The second-order valence-corrected chi connectivity index (χ2v) is 8.60. The van der Waals surface area contributed by atoms with Gasteiger partial charge in [0.25, 0.3) is 0 Å². The fourth-order valence-electron chi connectivity index (χ4n) is 2.29. The third-order valence-electron chi connectivity index (χ3n) is 3.49. The summed E-state index contributed by atoms with van der Waals surface area (Å²) in [6.45, 7) is 5.45. The Balaban J connectivity index is 2.06. The quantitative estimate of drug-likeness (QED) is 0.542. The van der Waals surface area contributed by atoms with Crippen molar-refractivity contribution in [2.45, 2.75) is 31.9 Å². The zero-order valence-corrected chi connectivity index (χ0v) is 17.0. The summed E-state index contributed by atoms with van der Waals surface area (Å²) < 4.78 is 3.08. The van der Waals surface area contributed by atoms with Crippen LogP contribution in [0.25, 0.3) is 0 Å². The lowest BCUT2D eigenvalue weighted by atomic mass is 9.99. The molecule has 0 radical (unpaired) electrons. The van der Waals surface area contributed by atoms with Gasteiger partial charge in [0, 0.05) is 18.7 Å². The van der Waals surface area contributed by atoms with Crippen LogP contribution in [0.3, 0.4) is 0 Å². The van der Waals surface area contributed by atoms with Crippen LogP contribution < -0.4 is 5.32 Å². The van der Waals surface area contributed by atoms with Gasteiger partial charge in [0.05, 0.1) is 12.2 Å². The fourth-order valence-corrected chi connectivity index (χ4v) is 6.07. The highest BCUT2D eigenvalue weighted by atomic mass is 79.9. The molecule has 1 aliphatic rings. The summed E-state index contributed by atoms with van der Waals surface area (Å²) in [5.41, 5.74) is 1.03. The minimum absolute atomic E-state index is 0.612. The molecule has 1 aromatic rings. The number of amidine groups is 1. The van der Waals surface area contributed by atoms with Crippen LogP contribution in [-0.2, 0) is 0 Å². The van der Waals surface area contributed by atoms with E-state index in [1.54, 1.807) is 0 Å². The molecule has 1 unspecified atom stereocenters. The Hall–Kier alpha value is 0.480. The van der Waals surface area contributed by atoms with Crippen LogP contribution in [-0.4, -0.2) is 17.0 Å². The molecule has 0 spiro atoms. The first-order valence-electron chi connectivity index (χ1n) is 6.67. The maximum Gasteiger partial charge on any atom is 0.161 e. The second kappa shape index (κ2) is 7.65. The molecule has 2 nitrogen and oxygen atoms in total. The molecular formula is C14H17Br3N2S.